The molecule has 0 aliphatic carbocycles. The molecular weight excluding hydrogens is 252 g/mol. The van der Waals surface area contributed by atoms with Crippen molar-refractivity contribution in [3.8, 4) is 0 Å². The Kier molecular flexibility index (Phi) is 5.60. The average Bonchev–Trinajstić information content (AvgIpc) is 2.82. The van der Waals surface area contributed by atoms with E-state index in [1.54, 1.807) is 13.2 Å². The molecule has 1 aromatic rings. The molecule has 0 amide bonds. The van der Waals surface area contributed by atoms with Gasteiger partial charge in [-0.3, -0.25) is 4.99 Å². The number of hydrogen-bond acceptors (Lipinski definition) is 3. The molecule has 0 radical (unpaired) electrons. The average molecular weight is 280 g/mol. The summed E-state index contributed by atoms with van der Waals surface area (Å²) in [5.41, 5.74) is -0.0165. The van der Waals surface area contributed by atoms with Gasteiger partial charge >= 0.3 is 0 Å². The van der Waals surface area contributed by atoms with Gasteiger partial charge in [0.05, 0.1) is 12.7 Å². The molecule has 5 nitrogen and oxygen atoms in total. The first-order valence-electron chi connectivity index (χ1n) is 7.16. The number of guanidine groups is 1. The molecule has 1 atom stereocenters. The number of rotatable bonds is 4. The van der Waals surface area contributed by atoms with Crippen LogP contribution in [0.15, 0.2) is 15.6 Å². The summed E-state index contributed by atoms with van der Waals surface area (Å²) < 4.78 is 5.74. The second kappa shape index (κ2) is 6.77. The Hall–Kier alpha value is -1.52. The van der Waals surface area contributed by atoms with E-state index in [2.05, 4.69) is 62.2 Å². The lowest BCUT2D eigenvalue weighted by Crippen LogP contribution is -2.43. The zero-order valence-corrected chi connectivity index (χ0v) is 13.7. The fourth-order valence-electron chi connectivity index (χ4n) is 1.48. The van der Waals surface area contributed by atoms with Crippen molar-refractivity contribution in [3.63, 3.8) is 0 Å². The number of nitrogens with zero attached hydrogens (tertiary/aromatic N) is 2. The standard InChI is InChI=1S/C15H28N4O/c1-10(2)11(3)19-14(16-7)18-9-13-17-8-12(20-13)15(4,5)6/h8,10-11H,9H2,1-7H3,(H2,16,18,19). The molecule has 0 fully saturated rings. The minimum absolute atomic E-state index is 0.0165. The summed E-state index contributed by atoms with van der Waals surface area (Å²) in [6.07, 6.45) is 1.80. The maximum absolute atomic E-state index is 5.74. The van der Waals surface area contributed by atoms with Crippen LogP contribution >= 0.6 is 0 Å². The Balaban J connectivity index is 2.55. The third kappa shape index (κ3) is 4.87. The highest BCUT2D eigenvalue weighted by Crippen LogP contribution is 2.22. The Labute approximate surface area is 122 Å². The molecule has 0 spiro atoms. The number of aromatic nitrogens is 1. The van der Waals surface area contributed by atoms with Gasteiger partial charge in [-0.1, -0.05) is 34.6 Å². The van der Waals surface area contributed by atoms with Crippen molar-refractivity contribution in [3.05, 3.63) is 17.8 Å². The van der Waals surface area contributed by atoms with Gasteiger partial charge in [0.15, 0.2) is 5.96 Å². The smallest absolute Gasteiger partial charge is 0.213 e. The van der Waals surface area contributed by atoms with Crippen LogP contribution in [0.3, 0.4) is 0 Å². The maximum atomic E-state index is 5.74. The normalized spacial score (nSPS) is 14.5. The van der Waals surface area contributed by atoms with E-state index in [-0.39, 0.29) is 5.41 Å². The van der Waals surface area contributed by atoms with Crippen LogP contribution in [0.25, 0.3) is 0 Å². The van der Waals surface area contributed by atoms with Gasteiger partial charge < -0.3 is 15.1 Å². The van der Waals surface area contributed by atoms with Crippen molar-refractivity contribution in [1.82, 2.24) is 15.6 Å². The van der Waals surface area contributed by atoms with Gasteiger partial charge in [-0.2, -0.15) is 0 Å². The van der Waals surface area contributed by atoms with E-state index >= 15 is 0 Å². The lowest BCUT2D eigenvalue weighted by Gasteiger charge is -2.20. The molecule has 1 aromatic heterocycles. The van der Waals surface area contributed by atoms with Crippen molar-refractivity contribution in [2.45, 2.75) is 59.5 Å². The molecule has 1 heterocycles. The molecule has 114 valence electrons. The molecule has 1 unspecified atom stereocenters. The van der Waals surface area contributed by atoms with E-state index in [0.717, 1.165) is 11.7 Å². The van der Waals surface area contributed by atoms with Crippen molar-refractivity contribution in [2.75, 3.05) is 7.05 Å². The van der Waals surface area contributed by atoms with Crippen LogP contribution in [0, 0.1) is 5.92 Å². The predicted molar refractivity (Wildman–Crippen MR) is 82.8 cm³/mol. The van der Waals surface area contributed by atoms with Crippen LogP contribution in [-0.2, 0) is 12.0 Å². The minimum Gasteiger partial charge on any atom is -0.443 e. The van der Waals surface area contributed by atoms with E-state index in [9.17, 15) is 0 Å². The van der Waals surface area contributed by atoms with Gasteiger partial charge in [-0.15, -0.1) is 0 Å². The van der Waals surface area contributed by atoms with Crippen molar-refractivity contribution >= 4 is 5.96 Å². The van der Waals surface area contributed by atoms with Gasteiger partial charge in [0.1, 0.15) is 5.76 Å². The third-order valence-electron chi connectivity index (χ3n) is 3.29. The molecule has 0 aliphatic heterocycles. The number of nitrogens with one attached hydrogen (secondary N) is 2. The summed E-state index contributed by atoms with van der Waals surface area (Å²) in [6, 6.07) is 0.357. The summed E-state index contributed by atoms with van der Waals surface area (Å²) in [5, 5.41) is 6.56. The molecular formula is C15H28N4O. The van der Waals surface area contributed by atoms with Gasteiger partial charge in [-0.25, -0.2) is 4.98 Å². The number of hydrogen-bond donors (Lipinski definition) is 2. The molecule has 20 heavy (non-hydrogen) atoms. The zero-order chi connectivity index (χ0) is 15.3. The first-order valence-corrected chi connectivity index (χ1v) is 7.16. The first kappa shape index (κ1) is 16.5. The predicted octanol–water partition coefficient (Wildman–Crippen LogP) is 2.68. The Morgan fingerprint density at radius 2 is 2.00 bits per heavy atom. The van der Waals surface area contributed by atoms with Crippen LogP contribution in [0.1, 0.15) is 53.2 Å². The molecule has 0 saturated heterocycles. The fraction of sp³-hybridized carbons (Fsp3) is 0.733. The Morgan fingerprint density at radius 3 is 2.45 bits per heavy atom. The molecule has 0 bridgehead atoms. The summed E-state index contributed by atoms with van der Waals surface area (Å²) >= 11 is 0. The highest BCUT2D eigenvalue weighted by atomic mass is 16.4. The van der Waals surface area contributed by atoms with E-state index in [0.29, 0.717) is 24.4 Å². The van der Waals surface area contributed by atoms with E-state index in [1.807, 2.05) is 0 Å². The third-order valence-corrected chi connectivity index (χ3v) is 3.29. The van der Waals surface area contributed by atoms with Crippen molar-refractivity contribution in [1.29, 1.82) is 0 Å². The lowest BCUT2D eigenvalue weighted by atomic mass is 9.94. The molecule has 5 heteroatoms. The summed E-state index contributed by atoms with van der Waals surface area (Å²) in [4.78, 5) is 8.50. The molecule has 0 saturated carbocycles. The van der Waals surface area contributed by atoms with Gasteiger partial charge in [0.2, 0.25) is 5.89 Å². The van der Waals surface area contributed by atoms with Crippen LogP contribution in [0.2, 0.25) is 0 Å². The molecule has 0 aromatic carbocycles. The van der Waals surface area contributed by atoms with E-state index in [4.69, 9.17) is 4.42 Å². The molecule has 0 aliphatic rings. The largest absolute Gasteiger partial charge is 0.443 e. The molecule has 2 N–H and O–H groups in total. The monoisotopic (exact) mass is 280 g/mol. The van der Waals surface area contributed by atoms with Crippen molar-refractivity contribution < 1.29 is 4.42 Å². The summed E-state index contributed by atoms with van der Waals surface area (Å²) in [6.45, 7) is 13.3. The minimum atomic E-state index is -0.0165. The van der Waals surface area contributed by atoms with Crippen LogP contribution in [0.4, 0.5) is 0 Å². The SMILES string of the molecule is CN=C(NCc1ncc(C(C)(C)C)o1)NC(C)C(C)C. The van der Waals surface area contributed by atoms with Crippen LogP contribution < -0.4 is 10.6 Å². The zero-order valence-electron chi connectivity index (χ0n) is 13.7. The van der Waals surface area contributed by atoms with E-state index in [1.165, 1.54) is 0 Å². The van der Waals surface area contributed by atoms with Gasteiger partial charge in [-0.05, 0) is 12.8 Å². The lowest BCUT2D eigenvalue weighted by molar-refractivity contribution is 0.379. The van der Waals surface area contributed by atoms with Crippen molar-refractivity contribution in [2.24, 2.45) is 10.9 Å². The molecule has 1 rings (SSSR count). The van der Waals surface area contributed by atoms with Crippen LogP contribution in [-0.4, -0.2) is 24.0 Å². The van der Waals surface area contributed by atoms with E-state index < -0.39 is 0 Å². The summed E-state index contributed by atoms with van der Waals surface area (Å²) in [7, 11) is 1.76. The highest BCUT2D eigenvalue weighted by Gasteiger charge is 2.19. The second-order valence-electron chi connectivity index (χ2n) is 6.47. The number of oxazole rings is 1. The fourth-order valence-corrected chi connectivity index (χ4v) is 1.48. The van der Waals surface area contributed by atoms with Gasteiger partial charge in [0, 0.05) is 18.5 Å². The summed E-state index contributed by atoms with van der Waals surface area (Å²) in [5.74, 6) is 2.88. The second-order valence-corrected chi connectivity index (χ2v) is 6.47. The van der Waals surface area contributed by atoms with Crippen LogP contribution in [0.5, 0.6) is 0 Å². The van der Waals surface area contributed by atoms with Gasteiger partial charge in [0.25, 0.3) is 0 Å². The highest BCUT2D eigenvalue weighted by molar-refractivity contribution is 5.79. The Bertz CT molecular complexity index is 443. The quantitative estimate of drug-likeness (QED) is 0.657. The Morgan fingerprint density at radius 1 is 1.35 bits per heavy atom. The topological polar surface area (TPSA) is 62.5 Å². The number of aliphatic imine (C=N–C) groups is 1. The maximum Gasteiger partial charge on any atom is 0.213 e. The first-order chi connectivity index (χ1) is 9.24.